The zero-order chi connectivity index (χ0) is 14.6. The van der Waals surface area contributed by atoms with Gasteiger partial charge in [-0.25, -0.2) is 0 Å². The lowest BCUT2D eigenvalue weighted by atomic mass is 10.1. The predicted molar refractivity (Wildman–Crippen MR) is 90.0 cm³/mol. The van der Waals surface area contributed by atoms with Gasteiger partial charge in [-0.3, -0.25) is 0 Å². The van der Waals surface area contributed by atoms with E-state index in [1.54, 1.807) is 0 Å². The number of hydrogen-bond acceptors (Lipinski definition) is 2. The Bertz CT molecular complexity index is 423. The first-order valence-electron chi connectivity index (χ1n) is 7.71. The molecule has 0 heterocycles. The van der Waals surface area contributed by atoms with E-state index in [1.807, 2.05) is 18.2 Å². The van der Waals surface area contributed by atoms with Crippen molar-refractivity contribution in [3.8, 4) is 6.07 Å². The summed E-state index contributed by atoms with van der Waals surface area (Å²) in [4.78, 5) is 0. The predicted octanol–water partition coefficient (Wildman–Crippen LogP) is 5.87. The van der Waals surface area contributed by atoms with Gasteiger partial charge in [0, 0.05) is 16.7 Å². The molecule has 1 N–H and O–H groups in total. The summed E-state index contributed by atoms with van der Waals surface area (Å²) < 4.78 is 0.862. The Labute approximate surface area is 131 Å². The fraction of sp³-hybridized carbons (Fsp3) is 0.588. The van der Waals surface area contributed by atoms with Crippen LogP contribution >= 0.6 is 15.9 Å². The van der Waals surface area contributed by atoms with Crippen molar-refractivity contribution in [3.05, 3.63) is 28.2 Å². The molecule has 0 saturated heterocycles. The minimum atomic E-state index is 0.683. The second-order valence-electron chi connectivity index (χ2n) is 5.21. The average molecular weight is 337 g/mol. The van der Waals surface area contributed by atoms with Gasteiger partial charge in [-0.15, -0.1) is 0 Å². The van der Waals surface area contributed by atoms with Gasteiger partial charge in [0.15, 0.2) is 0 Å². The number of halogens is 1. The Morgan fingerprint density at radius 3 is 2.30 bits per heavy atom. The second-order valence-corrected chi connectivity index (χ2v) is 6.06. The highest BCUT2D eigenvalue weighted by Crippen LogP contribution is 2.20. The Balaban J connectivity index is 2.07. The van der Waals surface area contributed by atoms with Crippen LogP contribution in [0.25, 0.3) is 0 Å². The van der Waals surface area contributed by atoms with Crippen molar-refractivity contribution >= 4 is 21.6 Å². The quantitative estimate of drug-likeness (QED) is 0.542. The van der Waals surface area contributed by atoms with Gasteiger partial charge < -0.3 is 5.32 Å². The molecule has 1 aromatic carbocycles. The summed E-state index contributed by atoms with van der Waals surface area (Å²) in [5, 5.41) is 12.3. The Morgan fingerprint density at radius 1 is 1.05 bits per heavy atom. The minimum Gasteiger partial charge on any atom is -0.385 e. The van der Waals surface area contributed by atoms with E-state index in [1.165, 1.54) is 51.4 Å². The van der Waals surface area contributed by atoms with Crippen molar-refractivity contribution in [3.63, 3.8) is 0 Å². The highest BCUT2D eigenvalue weighted by atomic mass is 79.9. The first-order chi connectivity index (χ1) is 9.77. The SMILES string of the molecule is CCCCCCCCCCNc1ccc(C#N)c(Br)c1. The van der Waals surface area contributed by atoms with E-state index >= 15 is 0 Å². The molecule has 0 aliphatic rings. The lowest BCUT2D eigenvalue weighted by Crippen LogP contribution is -2.01. The Hall–Kier alpha value is -1.01. The number of benzene rings is 1. The summed E-state index contributed by atoms with van der Waals surface area (Å²) in [6, 6.07) is 7.94. The number of anilines is 1. The number of nitriles is 1. The van der Waals surface area contributed by atoms with Crippen LogP contribution in [0.1, 0.15) is 63.9 Å². The van der Waals surface area contributed by atoms with E-state index in [0.717, 1.165) is 16.7 Å². The molecular weight excluding hydrogens is 312 g/mol. The highest BCUT2D eigenvalue weighted by Gasteiger charge is 2.00. The molecule has 0 saturated carbocycles. The van der Waals surface area contributed by atoms with Gasteiger partial charge in [0.25, 0.3) is 0 Å². The molecule has 20 heavy (non-hydrogen) atoms. The van der Waals surface area contributed by atoms with Crippen LogP contribution in [0.4, 0.5) is 5.69 Å². The van der Waals surface area contributed by atoms with E-state index in [-0.39, 0.29) is 0 Å². The van der Waals surface area contributed by atoms with Crippen molar-refractivity contribution in [2.75, 3.05) is 11.9 Å². The third-order valence-electron chi connectivity index (χ3n) is 3.45. The molecule has 0 fully saturated rings. The maximum absolute atomic E-state index is 8.86. The van der Waals surface area contributed by atoms with Crippen molar-refractivity contribution < 1.29 is 0 Å². The maximum atomic E-state index is 8.86. The van der Waals surface area contributed by atoms with Gasteiger partial charge in [0.2, 0.25) is 0 Å². The van der Waals surface area contributed by atoms with Crippen LogP contribution in [-0.4, -0.2) is 6.54 Å². The molecule has 0 aliphatic carbocycles. The van der Waals surface area contributed by atoms with Gasteiger partial charge in [-0.2, -0.15) is 5.26 Å². The second kappa shape index (κ2) is 10.7. The molecule has 0 spiro atoms. The first-order valence-corrected chi connectivity index (χ1v) is 8.50. The molecule has 0 aliphatic heterocycles. The summed E-state index contributed by atoms with van der Waals surface area (Å²) >= 11 is 3.41. The molecule has 0 unspecified atom stereocenters. The number of hydrogen-bond donors (Lipinski definition) is 1. The van der Waals surface area contributed by atoms with Crippen molar-refractivity contribution in [2.24, 2.45) is 0 Å². The van der Waals surface area contributed by atoms with Crippen molar-refractivity contribution in [1.29, 1.82) is 5.26 Å². The standard InChI is InChI=1S/C17H25BrN2/c1-2-3-4-5-6-7-8-9-12-20-16-11-10-15(14-19)17(18)13-16/h10-11,13,20H,2-9,12H2,1H3. The first kappa shape index (κ1) is 17.0. The van der Waals surface area contributed by atoms with Gasteiger partial charge >= 0.3 is 0 Å². The number of nitrogens with zero attached hydrogens (tertiary/aromatic N) is 1. The summed E-state index contributed by atoms with van der Waals surface area (Å²) in [5.41, 5.74) is 1.77. The smallest absolute Gasteiger partial charge is 0.100 e. The van der Waals surface area contributed by atoms with Crippen LogP contribution in [0, 0.1) is 11.3 Å². The van der Waals surface area contributed by atoms with Crippen LogP contribution in [0.3, 0.4) is 0 Å². The van der Waals surface area contributed by atoms with Gasteiger partial charge in [-0.1, -0.05) is 51.9 Å². The zero-order valence-corrected chi connectivity index (χ0v) is 14.0. The normalized spacial score (nSPS) is 10.2. The van der Waals surface area contributed by atoms with E-state index < -0.39 is 0 Å². The van der Waals surface area contributed by atoms with E-state index in [2.05, 4.69) is 34.2 Å². The molecule has 1 aromatic rings. The number of nitrogens with one attached hydrogen (secondary N) is 1. The molecule has 0 aromatic heterocycles. The summed E-state index contributed by atoms with van der Waals surface area (Å²) in [6.07, 6.45) is 10.7. The van der Waals surface area contributed by atoms with Crippen LogP contribution in [0.5, 0.6) is 0 Å². The summed E-state index contributed by atoms with van der Waals surface area (Å²) in [5.74, 6) is 0. The van der Waals surface area contributed by atoms with Gasteiger partial charge in [0.05, 0.1) is 5.56 Å². The number of unbranched alkanes of at least 4 members (excludes halogenated alkanes) is 7. The molecule has 2 nitrogen and oxygen atoms in total. The largest absolute Gasteiger partial charge is 0.385 e. The van der Waals surface area contributed by atoms with E-state index in [4.69, 9.17) is 5.26 Å². The van der Waals surface area contributed by atoms with Crippen LogP contribution in [0.2, 0.25) is 0 Å². The summed E-state index contributed by atoms with van der Waals surface area (Å²) in [6.45, 7) is 3.26. The third-order valence-corrected chi connectivity index (χ3v) is 4.11. The van der Waals surface area contributed by atoms with E-state index in [0.29, 0.717) is 5.56 Å². The molecule has 3 heteroatoms. The fourth-order valence-corrected chi connectivity index (χ4v) is 2.67. The third kappa shape index (κ3) is 6.96. The van der Waals surface area contributed by atoms with Crippen LogP contribution in [0.15, 0.2) is 22.7 Å². The van der Waals surface area contributed by atoms with Crippen molar-refractivity contribution in [1.82, 2.24) is 0 Å². The monoisotopic (exact) mass is 336 g/mol. The van der Waals surface area contributed by atoms with Crippen LogP contribution < -0.4 is 5.32 Å². The fourth-order valence-electron chi connectivity index (χ4n) is 2.21. The van der Waals surface area contributed by atoms with Crippen LogP contribution in [-0.2, 0) is 0 Å². The molecule has 0 bridgehead atoms. The Kier molecular flexibility index (Phi) is 9.15. The molecular formula is C17H25BrN2. The summed E-state index contributed by atoms with van der Waals surface area (Å²) in [7, 11) is 0. The maximum Gasteiger partial charge on any atom is 0.100 e. The molecule has 0 amide bonds. The van der Waals surface area contributed by atoms with Gasteiger partial charge in [0.1, 0.15) is 6.07 Å². The minimum absolute atomic E-state index is 0.683. The van der Waals surface area contributed by atoms with Gasteiger partial charge in [-0.05, 0) is 40.5 Å². The lowest BCUT2D eigenvalue weighted by Gasteiger charge is -2.07. The van der Waals surface area contributed by atoms with Crippen molar-refractivity contribution in [2.45, 2.75) is 58.3 Å². The molecule has 110 valence electrons. The highest BCUT2D eigenvalue weighted by molar-refractivity contribution is 9.10. The molecule has 0 radical (unpaired) electrons. The average Bonchev–Trinajstić information content (AvgIpc) is 2.46. The Morgan fingerprint density at radius 2 is 1.70 bits per heavy atom. The molecule has 1 rings (SSSR count). The molecule has 0 atom stereocenters. The lowest BCUT2D eigenvalue weighted by molar-refractivity contribution is 0.581. The van der Waals surface area contributed by atoms with E-state index in [9.17, 15) is 0 Å². The zero-order valence-electron chi connectivity index (χ0n) is 12.4. The topological polar surface area (TPSA) is 35.8 Å². The number of rotatable bonds is 10.